The van der Waals surface area contributed by atoms with E-state index < -0.39 is 0 Å². The number of aromatic nitrogens is 1. The number of hydrogen-bond acceptors (Lipinski definition) is 2. The van der Waals surface area contributed by atoms with E-state index in [0.717, 1.165) is 3.57 Å². The van der Waals surface area contributed by atoms with Crippen LogP contribution in [0.2, 0.25) is 5.02 Å². The lowest BCUT2D eigenvalue weighted by Crippen LogP contribution is -2.27. The van der Waals surface area contributed by atoms with Gasteiger partial charge in [-0.3, -0.25) is 9.69 Å². The summed E-state index contributed by atoms with van der Waals surface area (Å²) in [5.74, 6) is 0.485. The first-order chi connectivity index (χ1) is 8.59. The average molecular weight is 373 g/mol. The highest BCUT2D eigenvalue weighted by molar-refractivity contribution is 14.1. The molecule has 0 saturated carbocycles. The number of nitrogens with zero attached hydrogens (tertiary/aromatic N) is 2. The van der Waals surface area contributed by atoms with Gasteiger partial charge in [0.2, 0.25) is 0 Å². The summed E-state index contributed by atoms with van der Waals surface area (Å²) < 4.78 is 0.866. The first-order valence-electron chi connectivity index (χ1n) is 5.24. The van der Waals surface area contributed by atoms with Crippen molar-refractivity contribution in [3.8, 4) is 0 Å². The molecule has 0 fully saturated rings. The molecular weight excluding hydrogens is 363 g/mol. The van der Waals surface area contributed by atoms with Gasteiger partial charge in [0, 0.05) is 21.8 Å². The highest BCUT2D eigenvalue weighted by Crippen LogP contribution is 2.21. The Labute approximate surface area is 124 Å². The number of amides is 1. The standard InChI is InChI=1S/C13H10ClIN2O/c1-17(12-4-2-3-7-16-12)13(18)10-8-9(14)5-6-11(10)15/h2-8H,1H3. The Bertz CT molecular complexity index is 574. The van der Waals surface area contributed by atoms with Gasteiger partial charge in [0.1, 0.15) is 5.82 Å². The number of hydrogen-bond donors (Lipinski definition) is 0. The minimum atomic E-state index is -0.124. The number of carbonyl (C=O) groups excluding carboxylic acids is 1. The van der Waals surface area contributed by atoms with Crippen LogP contribution in [-0.4, -0.2) is 17.9 Å². The third-order valence-corrected chi connectivity index (χ3v) is 3.63. The van der Waals surface area contributed by atoms with Crippen molar-refractivity contribution in [2.75, 3.05) is 11.9 Å². The Morgan fingerprint density at radius 1 is 1.33 bits per heavy atom. The molecule has 0 saturated heterocycles. The molecule has 1 aromatic heterocycles. The summed E-state index contributed by atoms with van der Waals surface area (Å²) >= 11 is 8.04. The molecule has 0 aliphatic heterocycles. The van der Waals surface area contributed by atoms with Gasteiger partial charge in [-0.1, -0.05) is 17.7 Å². The summed E-state index contributed by atoms with van der Waals surface area (Å²) in [6.07, 6.45) is 1.65. The summed E-state index contributed by atoms with van der Waals surface area (Å²) in [5, 5.41) is 0.549. The summed E-state index contributed by atoms with van der Waals surface area (Å²) in [6.45, 7) is 0. The third-order valence-electron chi connectivity index (χ3n) is 2.46. The van der Waals surface area contributed by atoms with Crippen molar-refractivity contribution in [3.05, 3.63) is 56.8 Å². The van der Waals surface area contributed by atoms with Crippen LogP contribution in [0.5, 0.6) is 0 Å². The lowest BCUT2D eigenvalue weighted by molar-refractivity contribution is 0.0991. The number of anilines is 1. The van der Waals surface area contributed by atoms with E-state index in [1.54, 1.807) is 31.4 Å². The molecule has 0 bridgehead atoms. The van der Waals surface area contributed by atoms with E-state index in [0.29, 0.717) is 16.4 Å². The molecule has 0 aliphatic rings. The summed E-state index contributed by atoms with van der Waals surface area (Å²) in [5.41, 5.74) is 0.580. The van der Waals surface area contributed by atoms with Gasteiger partial charge in [-0.25, -0.2) is 4.98 Å². The molecule has 2 rings (SSSR count). The van der Waals surface area contributed by atoms with Crippen LogP contribution in [-0.2, 0) is 0 Å². The first kappa shape index (κ1) is 13.3. The van der Waals surface area contributed by atoms with Crippen molar-refractivity contribution in [2.24, 2.45) is 0 Å². The number of halogens is 2. The minimum Gasteiger partial charge on any atom is -0.296 e. The van der Waals surface area contributed by atoms with Crippen LogP contribution in [0.15, 0.2) is 42.6 Å². The molecule has 1 aromatic carbocycles. The van der Waals surface area contributed by atoms with Crippen LogP contribution < -0.4 is 4.90 Å². The van der Waals surface area contributed by atoms with E-state index in [2.05, 4.69) is 27.6 Å². The number of carbonyl (C=O) groups is 1. The fourth-order valence-electron chi connectivity index (χ4n) is 1.50. The van der Waals surface area contributed by atoms with Gasteiger partial charge in [-0.15, -0.1) is 0 Å². The predicted octanol–water partition coefficient (Wildman–Crippen LogP) is 3.62. The Hall–Kier alpha value is -1.14. The van der Waals surface area contributed by atoms with Gasteiger partial charge in [0.15, 0.2) is 0 Å². The summed E-state index contributed by atoms with van der Waals surface area (Å²) in [4.78, 5) is 18.0. The van der Waals surface area contributed by atoms with E-state index in [9.17, 15) is 4.79 Å². The van der Waals surface area contributed by atoms with Crippen LogP contribution in [0.3, 0.4) is 0 Å². The molecular formula is C13H10ClIN2O. The molecule has 3 nitrogen and oxygen atoms in total. The van der Waals surface area contributed by atoms with E-state index in [-0.39, 0.29) is 5.91 Å². The van der Waals surface area contributed by atoms with Crippen LogP contribution in [0, 0.1) is 3.57 Å². The quantitative estimate of drug-likeness (QED) is 0.755. The molecule has 1 heterocycles. The second-order valence-electron chi connectivity index (χ2n) is 3.68. The number of rotatable bonds is 2. The number of benzene rings is 1. The van der Waals surface area contributed by atoms with Crippen molar-refractivity contribution in [2.45, 2.75) is 0 Å². The maximum atomic E-state index is 12.3. The van der Waals surface area contributed by atoms with Crippen LogP contribution in [0.1, 0.15) is 10.4 Å². The van der Waals surface area contributed by atoms with Gasteiger partial charge in [0.05, 0.1) is 5.56 Å². The Balaban J connectivity index is 2.34. The zero-order valence-electron chi connectivity index (χ0n) is 9.60. The average Bonchev–Trinajstić information content (AvgIpc) is 2.41. The molecule has 2 aromatic rings. The molecule has 0 N–H and O–H groups in total. The smallest absolute Gasteiger partial charge is 0.260 e. The predicted molar refractivity (Wildman–Crippen MR) is 81.1 cm³/mol. The van der Waals surface area contributed by atoms with E-state index in [1.165, 1.54) is 4.90 Å². The second kappa shape index (κ2) is 5.67. The molecule has 5 heteroatoms. The zero-order valence-corrected chi connectivity index (χ0v) is 12.5. The summed E-state index contributed by atoms with van der Waals surface area (Å²) in [6, 6.07) is 10.7. The molecule has 92 valence electrons. The van der Waals surface area contributed by atoms with Gasteiger partial charge in [0.25, 0.3) is 5.91 Å². The fraction of sp³-hybridized carbons (Fsp3) is 0.0769. The zero-order chi connectivity index (χ0) is 13.1. The first-order valence-corrected chi connectivity index (χ1v) is 6.69. The van der Waals surface area contributed by atoms with Crippen LogP contribution >= 0.6 is 34.2 Å². The number of pyridine rings is 1. The summed E-state index contributed by atoms with van der Waals surface area (Å²) in [7, 11) is 1.70. The lowest BCUT2D eigenvalue weighted by atomic mass is 10.2. The third kappa shape index (κ3) is 2.81. The topological polar surface area (TPSA) is 33.2 Å². The van der Waals surface area contributed by atoms with Gasteiger partial charge >= 0.3 is 0 Å². The van der Waals surface area contributed by atoms with Gasteiger partial charge in [-0.05, 0) is 52.9 Å². The van der Waals surface area contributed by atoms with E-state index in [1.807, 2.05) is 18.2 Å². The molecule has 0 radical (unpaired) electrons. The van der Waals surface area contributed by atoms with Crippen LogP contribution in [0.25, 0.3) is 0 Å². The fourth-order valence-corrected chi connectivity index (χ4v) is 2.24. The largest absolute Gasteiger partial charge is 0.296 e. The van der Waals surface area contributed by atoms with Crippen molar-refractivity contribution in [3.63, 3.8) is 0 Å². The highest BCUT2D eigenvalue weighted by Gasteiger charge is 2.17. The second-order valence-corrected chi connectivity index (χ2v) is 5.27. The van der Waals surface area contributed by atoms with Gasteiger partial charge in [-0.2, -0.15) is 0 Å². The molecule has 18 heavy (non-hydrogen) atoms. The Morgan fingerprint density at radius 2 is 2.11 bits per heavy atom. The van der Waals surface area contributed by atoms with Gasteiger partial charge < -0.3 is 0 Å². The molecule has 0 atom stereocenters. The van der Waals surface area contributed by atoms with E-state index in [4.69, 9.17) is 11.6 Å². The van der Waals surface area contributed by atoms with Crippen molar-refractivity contribution in [1.29, 1.82) is 0 Å². The molecule has 0 aliphatic carbocycles. The molecule has 0 spiro atoms. The maximum absolute atomic E-state index is 12.3. The highest BCUT2D eigenvalue weighted by atomic mass is 127. The Kier molecular flexibility index (Phi) is 4.19. The monoisotopic (exact) mass is 372 g/mol. The van der Waals surface area contributed by atoms with Crippen LogP contribution in [0.4, 0.5) is 5.82 Å². The molecule has 0 unspecified atom stereocenters. The SMILES string of the molecule is CN(C(=O)c1cc(Cl)ccc1I)c1ccccn1. The minimum absolute atomic E-state index is 0.124. The van der Waals surface area contributed by atoms with Crippen molar-refractivity contribution < 1.29 is 4.79 Å². The normalized spacial score (nSPS) is 10.2. The Morgan fingerprint density at radius 3 is 2.78 bits per heavy atom. The van der Waals surface area contributed by atoms with Crippen molar-refractivity contribution >= 4 is 45.9 Å². The maximum Gasteiger partial charge on any atom is 0.260 e. The molecule has 1 amide bonds. The lowest BCUT2D eigenvalue weighted by Gasteiger charge is -2.17. The van der Waals surface area contributed by atoms with E-state index >= 15 is 0 Å². The van der Waals surface area contributed by atoms with Crippen molar-refractivity contribution in [1.82, 2.24) is 4.98 Å².